The molecule has 1 aromatic heterocycles. The molecule has 2 heterocycles. The maximum atomic E-state index is 11.5. The fourth-order valence-electron chi connectivity index (χ4n) is 2.51. The summed E-state index contributed by atoms with van der Waals surface area (Å²) in [5.74, 6) is -0.398. The van der Waals surface area contributed by atoms with Gasteiger partial charge in [-0.15, -0.1) is 0 Å². The van der Waals surface area contributed by atoms with Crippen LogP contribution < -0.4 is 4.90 Å². The number of ether oxygens (including phenoxy) is 1. The molecule has 0 amide bonds. The van der Waals surface area contributed by atoms with Gasteiger partial charge in [-0.2, -0.15) is 0 Å². The number of nitrogens with zero attached hydrogens (tertiary/aromatic N) is 2. The van der Waals surface area contributed by atoms with Crippen molar-refractivity contribution >= 4 is 22.7 Å². The Bertz CT molecular complexity index is 663. The topological polar surface area (TPSA) is 62.7 Å². The fourth-order valence-corrected chi connectivity index (χ4v) is 2.51. The van der Waals surface area contributed by atoms with Crippen LogP contribution in [-0.4, -0.2) is 42.4 Å². The number of anilines is 1. The highest BCUT2D eigenvalue weighted by molar-refractivity contribution is 5.98. The van der Waals surface area contributed by atoms with Gasteiger partial charge in [0, 0.05) is 18.5 Å². The second kappa shape index (κ2) is 5.09. The Labute approximate surface area is 116 Å². The van der Waals surface area contributed by atoms with Crippen LogP contribution >= 0.6 is 0 Å². The Morgan fingerprint density at radius 2 is 2.10 bits per heavy atom. The molecule has 3 rings (SSSR count). The van der Waals surface area contributed by atoms with Gasteiger partial charge in [-0.05, 0) is 18.6 Å². The number of benzene rings is 1. The van der Waals surface area contributed by atoms with Crippen LogP contribution in [0, 0.1) is 6.92 Å². The number of para-hydroxylation sites is 1. The van der Waals surface area contributed by atoms with E-state index in [1.807, 2.05) is 30.0 Å². The van der Waals surface area contributed by atoms with Crippen molar-refractivity contribution in [3.8, 4) is 0 Å². The molecule has 20 heavy (non-hydrogen) atoms. The van der Waals surface area contributed by atoms with E-state index in [1.54, 1.807) is 6.07 Å². The highest BCUT2D eigenvalue weighted by Gasteiger charge is 2.21. The molecule has 5 nitrogen and oxygen atoms in total. The van der Waals surface area contributed by atoms with E-state index in [2.05, 4.69) is 4.98 Å². The van der Waals surface area contributed by atoms with E-state index in [4.69, 9.17) is 4.74 Å². The molecule has 2 aromatic rings. The lowest BCUT2D eigenvalue weighted by atomic mass is 10.1. The molecule has 0 radical (unpaired) electrons. The number of carboxylic acids is 1. The molecule has 104 valence electrons. The highest BCUT2D eigenvalue weighted by Crippen LogP contribution is 2.26. The molecule has 5 heteroatoms. The Balaban J connectivity index is 2.19. The van der Waals surface area contributed by atoms with Gasteiger partial charge >= 0.3 is 5.97 Å². The number of hydrogen-bond acceptors (Lipinski definition) is 4. The largest absolute Gasteiger partial charge is 0.478 e. The van der Waals surface area contributed by atoms with Crippen LogP contribution in [0.15, 0.2) is 24.3 Å². The van der Waals surface area contributed by atoms with E-state index in [-0.39, 0.29) is 5.56 Å². The van der Waals surface area contributed by atoms with Crippen LogP contribution in [0.1, 0.15) is 15.9 Å². The maximum absolute atomic E-state index is 11.5. The van der Waals surface area contributed by atoms with E-state index >= 15 is 0 Å². The summed E-state index contributed by atoms with van der Waals surface area (Å²) in [7, 11) is 0. The van der Waals surface area contributed by atoms with E-state index < -0.39 is 5.97 Å². The first kappa shape index (κ1) is 12.9. The minimum atomic E-state index is -0.942. The Kier molecular flexibility index (Phi) is 3.28. The van der Waals surface area contributed by atoms with Gasteiger partial charge in [0.1, 0.15) is 11.4 Å². The predicted octanol–water partition coefficient (Wildman–Crippen LogP) is 2.08. The molecule has 1 fully saturated rings. The van der Waals surface area contributed by atoms with E-state index in [0.717, 1.165) is 16.5 Å². The van der Waals surface area contributed by atoms with Crippen molar-refractivity contribution in [1.82, 2.24) is 4.98 Å². The van der Waals surface area contributed by atoms with E-state index in [9.17, 15) is 9.90 Å². The molecular weight excluding hydrogens is 256 g/mol. The van der Waals surface area contributed by atoms with Gasteiger partial charge < -0.3 is 14.7 Å². The van der Waals surface area contributed by atoms with Crippen LogP contribution in [0.2, 0.25) is 0 Å². The normalized spacial score (nSPS) is 15.6. The first-order chi connectivity index (χ1) is 9.66. The summed E-state index contributed by atoms with van der Waals surface area (Å²) in [6, 6.07) is 7.51. The van der Waals surface area contributed by atoms with Crippen LogP contribution in [-0.2, 0) is 4.74 Å². The number of carboxylic acid groups (broad SMARTS) is 1. The number of aryl methyl sites for hydroxylation is 1. The zero-order valence-corrected chi connectivity index (χ0v) is 11.3. The number of hydrogen-bond donors (Lipinski definition) is 1. The molecule has 1 aliphatic heterocycles. The van der Waals surface area contributed by atoms with Crippen LogP contribution in [0.5, 0.6) is 0 Å². The number of carbonyl (C=O) groups is 1. The minimum Gasteiger partial charge on any atom is -0.478 e. The highest BCUT2D eigenvalue weighted by atomic mass is 16.5. The lowest BCUT2D eigenvalue weighted by molar-refractivity contribution is 0.0696. The summed E-state index contributed by atoms with van der Waals surface area (Å²) in [5.41, 5.74) is 2.16. The molecule has 0 unspecified atom stereocenters. The number of rotatable bonds is 2. The maximum Gasteiger partial charge on any atom is 0.339 e. The summed E-state index contributed by atoms with van der Waals surface area (Å²) in [4.78, 5) is 18.1. The molecule has 1 N–H and O–H groups in total. The predicted molar refractivity (Wildman–Crippen MR) is 76.5 cm³/mol. The molecular formula is C15H16N2O3. The van der Waals surface area contributed by atoms with Crippen molar-refractivity contribution in [3.63, 3.8) is 0 Å². The Hall–Kier alpha value is -2.14. The van der Waals surface area contributed by atoms with Gasteiger partial charge in [0.2, 0.25) is 0 Å². The molecule has 0 saturated carbocycles. The molecule has 1 aromatic carbocycles. The van der Waals surface area contributed by atoms with Gasteiger partial charge in [0.15, 0.2) is 0 Å². The fraction of sp³-hybridized carbons (Fsp3) is 0.333. The van der Waals surface area contributed by atoms with Gasteiger partial charge in [-0.25, -0.2) is 9.78 Å². The smallest absolute Gasteiger partial charge is 0.339 e. The van der Waals surface area contributed by atoms with Crippen LogP contribution in [0.25, 0.3) is 10.9 Å². The SMILES string of the molecule is Cc1cccc2cc(C(=O)O)c(N3CCOCC3)nc12. The molecule has 0 spiro atoms. The summed E-state index contributed by atoms with van der Waals surface area (Å²) in [6.45, 7) is 4.54. The zero-order valence-electron chi connectivity index (χ0n) is 11.3. The number of pyridine rings is 1. The Morgan fingerprint density at radius 1 is 1.35 bits per heavy atom. The number of aromatic nitrogens is 1. The van der Waals surface area contributed by atoms with Gasteiger partial charge in [-0.3, -0.25) is 0 Å². The van der Waals surface area contributed by atoms with Crippen molar-refractivity contribution in [2.45, 2.75) is 6.92 Å². The van der Waals surface area contributed by atoms with Crippen molar-refractivity contribution < 1.29 is 14.6 Å². The summed E-state index contributed by atoms with van der Waals surface area (Å²) in [6.07, 6.45) is 0. The first-order valence-corrected chi connectivity index (χ1v) is 6.63. The van der Waals surface area contributed by atoms with Crippen molar-refractivity contribution in [3.05, 3.63) is 35.4 Å². The number of morpholine rings is 1. The van der Waals surface area contributed by atoms with Crippen molar-refractivity contribution in [2.24, 2.45) is 0 Å². The number of fused-ring (bicyclic) bond motifs is 1. The molecule has 0 atom stereocenters. The monoisotopic (exact) mass is 272 g/mol. The van der Waals surface area contributed by atoms with Crippen LogP contribution in [0.3, 0.4) is 0 Å². The summed E-state index contributed by atoms with van der Waals surface area (Å²) in [5, 5.41) is 10.3. The van der Waals surface area contributed by atoms with Crippen molar-refractivity contribution in [1.29, 1.82) is 0 Å². The van der Waals surface area contributed by atoms with Crippen LogP contribution in [0.4, 0.5) is 5.82 Å². The molecule has 1 aliphatic rings. The lowest BCUT2D eigenvalue weighted by Crippen LogP contribution is -2.37. The van der Waals surface area contributed by atoms with Crippen molar-refractivity contribution in [2.75, 3.05) is 31.2 Å². The van der Waals surface area contributed by atoms with E-state index in [0.29, 0.717) is 32.1 Å². The van der Waals surface area contributed by atoms with E-state index in [1.165, 1.54) is 0 Å². The number of aromatic carboxylic acids is 1. The molecule has 0 aliphatic carbocycles. The standard InChI is InChI=1S/C15H16N2O3/c1-10-3-2-4-11-9-12(15(18)19)14(16-13(10)11)17-5-7-20-8-6-17/h2-4,9H,5-8H2,1H3,(H,18,19). The second-order valence-electron chi connectivity index (χ2n) is 4.91. The first-order valence-electron chi connectivity index (χ1n) is 6.63. The lowest BCUT2D eigenvalue weighted by Gasteiger charge is -2.29. The second-order valence-corrected chi connectivity index (χ2v) is 4.91. The summed E-state index contributed by atoms with van der Waals surface area (Å²) >= 11 is 0. The molecule has 0 bridgehead atoms. The van der Waals surface area contributed by atoms with Gasteiger partial charge in [0.25, 0.3) is 0 Å². The summed E-state index contributed by atoms with van der Waals surface area (Å²) < 4.78 is 5.32. The average Bonchev–Trinajstić information content (AvgIpc) is 2.47. The zero-order chi connectivity index (χ0) is 14.1. The average molecular weight is 272 g/mol. The third-order valence-electron chi connectivity index (χ3n) is 3.57. The Morgan fingerprint density at radius 3 is 2.80 bits per heavy atom. The third kappa shape index (κ3) is 2.20. The minimum absolute atomic E-state index is 0.255. The molecule has 1 saturated heterocycles. The third-order valence-corrected chi connectivity index (χ3v) is 3.57. The quantitative estimate of drug-likeness (QED) is 0.906. The van der Waals surface area contributed by atoms with Gasteiger partial charge in [0.05, 0.1) is 18.7 Å². The van der Waals surface area contributed by atoms with Gasteiger partial charge in [-0.1, -0.05) is 18.2 Å².